The molecule has 4 heteroatoms. The third kappa shape index (κ3) is 2.97. The molecule has 14 heavy (non-hydrogen) atoms. The van der Waals surface area contributed by atoms with Crippen LogP contribution in [-0.2, 0) is 6.54 Å². The van der Waals surface area contributed by atoms with Crippen LogP contribution in [0.5, 0.6) is 5.75 Å². The second kappa shape index (κ2) is 5.57. The molecule has 3 N–H and O–H groups in total. The predicted molar refractivity (Wildman–Crippen MR) is 56.1 cm³/mol. The Morgan fingerprint density at radius 1 is 1.64 bits per heavy atom. The van der Waals surface area contributed by atoms with E-state index in [1.54, 1.807) is 19.5 Å². The van der Waals surface area contributed by atoms with Gasteiger partial charge in [0.25, 0.3) is 0 Å². The van der Waals surface area contributed by atoms with Gasteiger partial charge >= 0.3 is 0 Å². The van der Waals surface area contributed by atoms with Crippen molar-refractivity contribution in [3.05, 3.63) is 24.0 Å². The van der Waals surface area contributed by atoms with E-state index in [4.69, 9.17) is 10.5 Å². The van der Waals surface area contributed by atoms with Crippen molar-refractivity contribution in [2.24, 2.45) is 5.73 Å². The van der Waals surface area contributed by atoms with E-state index in [0.717, 1.165) is 17.9 Å². The number of hydrogen-bond donors (Lipinski definition) is 2. The molecule has 0 fully saturated rings. The normalized spacial score (nSPS) is 12.5. The minimum Gasteiger partial charge on any atom is -0.495 e. The number of ether oxygens (including phenoxy) is 1. The van der Waals surface area contributed by atoms with Crippen molar-refractivity contribution >= 4 is 0 Å². The maximum absolute atomic E-state index is 5.50. The second-order valence-corrected chi connectivity index (χ2v) is 3.21. The molecule has 0 amide bonds. The highest BCUT2D eigenvalue weighted by atomic mass is 16.5. The molecular weight excluding hydrogens is 178 g/mol. The summed E-state index contributed by atoms with van der Waals surface area (Å²) < 4.78 is 5.18. The van der Waals surface area contributed by atoms with Crippen LogP contribution in [0.4, 0.5) is 0 Å². The van der Waals surface area contributed by atoms with Crippen molar-refractivity contribution in [3.8, 4) is 5.75 Å². The molecule has 0 radical (unpaired) electrons. The molecule has 1 heterocycles. The Balaban J connectivity index is 2.57. The fraction of sp³-hybridized carbons (Fsp3) is 0.500. The molecular formula is C10H17N3O. The summed E-state index contributed by atoms with van der Waals surface area (Å²) in [6.07, 6.45) is 3.47. The zero-order chi connectivity index (χ0) is 10.4. The second-order valence-electron chi connectivity index (χ2n) is 3.21. The van der Waals surface area contributed by atoms with Gasteiger partial charge in [-0.2, -0.15) is 0 Å². The molecule has 1 aromatic heterocycles. The summed E-state index contributed by atoms with van der Waals surface area (Å²) >= 11 is 0. The number of nitrogens with one attached hydrogen (secondary N) is 1. The Bertz CT molecular complexity index is 278. The van der Waals surface area contributed by atoms with Gasteiger partial charge in [-0.05, 0) is 13.0 Å². The summed E-state index contributed by atoms with van der Waals surface area (Å²) in [7, 11) is 1.65. The van der Waals surface area contributed by atoms with Crippen LogP contribution in [0.3, 0.4) is 0 Å². The quantitative estimate of drug-likeness (QED) is 0.719. The van der Waals surface area contributed by atoms with Gasteiger partial charge in [-0.3, -0.25) is 4.98 Å². The first-order valence-corrected chi connectivity index (χ1v) is 4.68. The minimum atomic E-state index is 0.313. The van der Waals surface area contributed by atoms with Crippen molar-refractivity contribution in [2.75, 3.05) is 13.7 Å². The summed E-state index contributed by atoms with van der Waals surface area (Å²) in [5.41, 5.74) is 6.60. The average molecular weight is 195 g/mol. The lowest BCUT2D eigenvalue weighted by atomic mass is 10.2. The summed E-state index contributed by atoms with van der Waals surface area (Å²) in [5.74, 6) is 0.809. The van der Waals surface area contributed by atoms with Crippen LogP contribution in [0.2, 0.25) is 0 Å². The molecule has 0 spiro atoms. The van der Waals surface area contributed by atoms with Crippen LogP contribution >= 0.6 is 0 Å². The molecule has 1 unspecified atom stereocenters. The zero-order valence-electron chi connectivity index (χ0n) is 8.66. The molecule has 0 aliphatic rings. The smallest absolute Gasteiger partial charge is 0.141 e. The third-order valence-electron chi connectivity index (χ3n) is 2.08. The van der Waals surface area contributed by atoms with Gasteiger partial charge < -0.3 is 15.8 Å². The number of nitrogens with two attached hydrogens (primary N) is 1. The molecule has 0 bridgehead atoms. The van der Waals surface area contributed by atoms with Crippen LogP contribution in [0.25, 0.3) is 0 Å². The first-order valence-electron chi connectivity index (χ1n) is 4.68. The topological polar surface area (TPSA) is 60.2 Å². The van der Waals surface area contributed by atoms with Gasteiger partial charge in [-0.1, -0.05) is 0 Å². The van der Waals surface area contributed by atoms with Crippen LogP contribution in [0, 0.1) is 0 Å². The van der Waals surface area contributed by atoms with Crippen molar-refractivity contribution in [2.45, 2.75) is 19.5 Å². The summed E-state index contributed by atoms with van der Waals surface area (Å²) in [5, 5.41) is 3.29. The van der Waals surface area contributed by atoms with E-state index in [9.17, 15) is 0 Å². The maximum atomic E-state index is 5.50. The SMILES string of the molecule is COc1cnccc1CNC(C)CN. The van der Waals surface area contributed by atoms with Crippen molar-refractivity contribution in [3.63, 3.8) is 0 Å². The highest BCUT2D eigenvalue weighted by molar-refractivity contribution is 5.29. The van der Waals surface area contributed by atoms with Crippen LogP contribution < -0.4 is 15.8 Å². The average Bonchev–Trinajstić information content (AvgIpc) is 2.26. The van der Waals surface area contributed by atoms with Gasteiger partial charge in [-0.15, -0.1) is 0 Å². The van der Waals surface area contributed by atoms with Gasteiger partial charge in [-0.25, -0.2) is 0 Å². The monoisotopic (exact) mass is 195 g/mol. The van der Waals surface area contributed by atoms with Gasteiger partial charge in [0.15, 0.2) is 0 Å². The van der Waals surface area contributed by atoms with E-state index < -0.39 is 0 Å². The number of nitrogens with zero attached hydrogens (tertiary/aromatic N) is 1. The molecule has 0 saturated carbocycles. The maximum Gasteiger partial charge on any atom is 0.141 e. The Morgan fingerprint density at radius 2 is 2.43 bits per heavy atom. The van der Waals surface area contributed by atoms with Crippen molar-refractivity contribution in [1.82, 2.24) is 10.3 Å². The summed E-state index contributed by atoms with van der Waals surface area (Å²) in [6, 6.07) is 2.25. The number of pyridine rings is 1. The molecule has 0 aliphatic carbocycles. The molecule has 1 aromatic rings. The van der Waals surface area contributed by atoms with Crippen molar-refractivity contribution < 1.29 is 4.74 Å². The first kappa shape index (κ1) is 10.9. The minimum absolute atomic E-state index is 0.313. The molecule has 0 saturated heterocycles. The number of rotatable bonds is 5. The largest absolute Gasteiger partial charge is 0.495 e. The van der Waals surface area contributed by atoms with Gasteiger partial charge in [0.2, 0.25) is 0 Å². The Kier molecular flexibility index (Phi) is 4.35. The number of aromatic nitrogens is 1. The fourth-order valence-corrected chi connectivity index (χ4v) is 1.11. The predicted octanol–water partition coefficient (Wildman–Crippen LogP) is 0.527. The summed E-state index contributed by atoms with van der Waals surface area (Å²) in [4.78, 5) is 3.99. The van der Waals surface area contributed by atoms with Crippen LogP contribution in [0.15, 0.2) is 18.5 Å². The van der Waals surface area contributed by atoms with Gasteiger partial charge in [0.1, 0.15) is 5.75 Å². The van der Waals surface area contributed by atoms with E-state index in [0.29, 0.717) is 12.6 Å². The van der Waals surface area contributed by atoms with Gasteiger partial charge in [0.05, 0.1) is 13.3 Å². The van der Waals surface area contributed by atoms with Gasteiger partial charge in [0, 0.05) is 30.9 Å². The lowest BCUT2D eigenvalue weighted by Crippen LogP contribution is -2.32. The first-order chi connectivity index (χ1) is 6.77. The highest BCUT2D eigenvalue weighted by Gasteiger charge is 2.03. The molecule has 1 atom stereocenters. The van der Waals surface area contributed by atoms with E-state index in [2.05, 4.69) is 10.3 Å². The number of methoxy groups -OCH3 is 1. The lowest BCUT2D eigenvalue weighted by Gasteiger charge is -2.12. The molecule has 4 nitrogen and oxygen atoms in total. The molecule has 78 valence electrons. The molecule has 0 aliphatic heterocycles. The fourth-order valence-electron chi connectivity index (χ4n) is 1.11. The van der Waals surface area contributed by atoms with E-state index in [1.165, 1.54) is 0 Å². The van der Waals surface area contributed by atoms with E-state index in [1.807, 2.05) is 13.0 Å². The van der Waals surface area contributed by atoms with E-state index in [-0.39, 0.29) is 0 Å². The highest BCUT2D eigenvalue weighted by Crippen LogP contribution is 2.14. The van der Waals surface area contributed by atoms with Crippen molar-refractivity contribution in [1.29, 1.82) is 0 Å². The zero-order valence-corrected chi connectivity index (χ0v) is 8.66. The standard InChI is InChI=1S/C10H17N3O/c1-8(5-11)13-6-9-3-4-12-7-10(9)14-2/h3-4,7-8,13H,5-6,11H2,1-2H3. The number of hydrogen-bond acceptors (Lipinski definition) is 4. The Hall–Kier alpha value is -1.13. The summed E-state index contributed by atoms with van der Waals surface area (Å²) in [6.45, 7) is 3.44. The Labute approximate surface area is 84.5 Å². The Morgan fingerprint density at radius 3 is 3.07 bits per heavy atom. The van der Waals surface area contributed by atoms with Crippen LogP contribution in [-0.4, -0.2) is 24.7 Å². The molecule has 0 aromatic carbocycles. The lowest BCUT2D eigenvalue weighted by molar-refractivity contribution is 0.404. The van der Waals surface area contributed by atoms with E-state index >= 15 is 0 Å². The third-order valence-corrected chi connectivity index (χ3v) is 2.08. The van der Waals surface area contributed by atoms with Crippen LogP contribution in [0.1, 0.15) is 12.5 Å². The molecule has 1 rings (SSSR count).